The molecule has 1 aromatic heterocycles. The molecule has 134 valence electrons. The summed E-state index contributed by atoms with van der Waals surface area (Å²) in [7, 11) is 0. The van der Waals surface area contributed by atoms with Crippen LogP contribution in [0.5, 0.6) is 0 Å². The third kappa shape index (κ3) is 4.66. The van der Waals surface area contributed by atoms with Crippen molar-refractivity contribution in [3.05, 3.63) is 17.6 Å². The molecule has 1 unspecified atom stereocenters. The highest BCUT2D eigenvalue weighted by Gasteiger charge is 2.25. The van der Waals surface area contributed by atoms with E-state index in [9.17, 15) is 9.90 Å². The number of aliphatic hydroxyl groups excluding tert-OH is 1. The Kier molecular flexibility index (Phi) is 6.15. The van der Waals surface area contributed by atoms with E-state index < -0.39 is 6.10 Å². The van der Waals surface area contributed by atoms with E-state index in [1.165, 1.54) is 0 Å². The molecule has 2 rings (SSSR count). The van der Waals surface area contributed by atoms with Crippen molar-refractivity contribution in [2.45, 2.75) is 53.1 Å². The number of aryl methyl sites for hydroxylation is 1. The van der Waals surface area contributed by atoms with Crippen LogP contribution in [0, 0.1) is 12.8 Å². The highest BCUT2D eigenvalue weighted by molar-refractivity contribution is 5.77. The molecule has 1 N–H and O–H groups in total. The number of carbonyl (C=O) groups excluding carboxylic acids is 1. The molecule has 6 heteroatoms. The highest BCUT2D eigenvalue weighted by atomic mass is 16.3. The summed E-state index contributed by atoms with van der Waals surface area (Å²) < 4.78 is 0. The van der Waals surface area contributed by atoms with Crippen molar-refractivity contribution >= 4 is 11.7 Å². The number of hydrogen-bond acceptors (Lipinski definition) is 5. The number of rotatable bonds is 5. The van der Waals surface area contributed by atoms with Gasteiger partial charge >= 0.3 is 0 Å². The molecule has 0 spiro atoms. The third-order valence-electron chi connectivity index (χ3n) is 4.48. The van der Waals surface area contributed by atoms with E-state index in [4.69, 9.17) is 0 Å². The first-order chi connectivity index (χ1) is 11.3. The summed E-state index contributed by atoms with van der Waals surface area (Å²) in [5.74, 6) is 2.25. The summed E-state index contributed by atoms with van der Waals surface area (Å²) in [6.45, 7) is 12.9. The summed E-state index contributed by atoms with van der Waals surface area (Å²) in [4.78, 5) is 25.5. The Balaban J connectivity index is 1.96. The smallest absolute Gasteiger partial charge is 0.225 e. The van der Waals surface area contributed by atoms with Gasteiger partial charge in [-0.05, 0) is 12.8 Å². The van der Waals surface area contributed by atoms with E-state index in [0.29, 0.717) is 19.0 Å². The molecule has 1 aromatic rings. The summed E-state index contributed by atoms with van der Waals surface area (Å²) in [5, 5.41) is 9.90. The Morgan fingerprint density at radius 3 is 2.33 bits per heavy atom. The minimum absolute atomic E-state index is 0.0394. The first-order valence-electron chi connectivity index (χ1n) is 8.84. The first-order valence-corrected chi connectivity index (χ1v) is 8.84. The topological polar surface area (TPSA) is 69.6 Å². The van der Waals surface area contributed by atoms with Crippen LogP contribution in [0.15, 0.2) is 6.07 Å². The van der Waals surface area contributed by atoms with Gasteiger partial charge in [-0.2, -0.15) is 0 Å². The number of anilines is 1. The third-order valence-corrected chi connectivity index (χ3v) is 4.48. The predicted octanol–water partition coefficient (Wildman–Crippen LogP) is 1.96. The van der Waals surface area contributed by atoms with Crippen molar-refractivity contribution in [1.29, 1.82) is 0 Å². The van der Waals surface area contributed by atoms with Gasteiger partial charge in [-0.1, -0.05) is 27.7 Å². The molecule has 0 aromatic carbocycles. The molecule has 24 heavy (non-hydrogen) atoms. The molecule has 0 radical (unpaired) electrons. The Morgan fingerprint density at radius 2 is 1.79 bits per heavy atom. The molecule has 0 saturated carbocycles. The second-order valence-electron chi connectivity index (χ2n) is 7.26. The normalized spacial score (nSPS) is 16.8. The van der Waals surface area contributed by atoms with Crippen molar-refractivity contribution in [1.82, 2.24) is 14.9 Å². The van der Waals surface area contributed by atoms with Crippen LogP contribution in [-0.4, -0.2) is 58.2 Å². The number of hydrogen-bond donors (Lipinski definition) is 1. The van der Waals surface area contributed by atoms with Gasteiger partial charge in [-0.15, -0.1) is 0 Å². The second kappa shape index (κ2) is 7.92. The van der Waals surface area contributed by atoms with Crippen molar-refractivity contribution in [2.24, 2.45) is 5.92 Å². The van der Waals surface area contributed by atoms with Crippen LogP contribution in [0.1, 0.15) is 51.6 Å². The van der Waals surface area contributed by atoms with E-state index in [1.54, 1.807) is 0 Å². The summed E-state index contributed by atoms with van der Waals surface area (Å²) in [6.07, 6.45) is -0.351. The number of carbonyl (C=O) groups is 1. The van der Waals surface area contributed by atoms with E-state index in [0.717, 1.165) is 30.4 Å². The van der Waals surface area contributed by atoms with Crippen LogP contribution in [0.3, 0.4) is 0 Å². The fourth-order valence-electron chi connectivity index (χ4n) is 2.72. The fourth-order valence-corrected chi connectivity index (χ4v) is 2.72. The van der Waals surface area contributed by atoms with Crippen LogP contribution in [0.2, 0.25) is 0 Å². The lowest BCUT2D eigenvalue weighted by molar-refractivity contribution is -0.134. The lowest BCUT2D eigenvalue weighted by atomic mass is 10.0. The first kappa shape index (κ1) is 18.6. The molecular formula is C18H30N4O2. The molecule has 1 saturated heterocycles. The van der Waals surface area contributed by atoms with Gasteiger partial charge in [-0.25, -0.2) is 9.97 Å². The number of nitrogens with zero attached hydrogens (tertiary/aromatic N) is 4. The molecule has 1 fully saturated rings. The molecular weight excluding hydrogens is 304 g/mol. The zero-order valence-electron chi connectivity index (χ0n) is 15.5. The number of amides is 1. The SMILES string of the molecule is Cc1cc(N2CCN(C(=O)CC(O)C(C)C)CC2)nc(C(C)C)n1. The van der Waals surface area contributed by atoms with Crippen molar-refractivity contribution < 1.29 is 9.90 Å². The standard InChI is InChI=1S/C18H30N4O2/c1-12(2)15(23)11-17(24)22-8-6-21(7-9-22)16-10-14(5)19-18(20-16)13(3)4/h10,12-13,15,23H,6-9,11H2,1-5H3. The molecule has 1 amide bonds. The molecule has 6 nitrogen and oxygen atoms in total. The molecule has 1 aliphatic rings. The van der Waals surface area contributed by atoms with Gasteiger partial charge in [0.2, 0.25) is 5.91 Å². The van der Waals surface area contributed by atoms with E-state index in [1.807, 2.05) is 31.7 Å². The summed E-state index contributed by atoms with van der Waals surface area (Å²) in [5.41, 5.74) is 0.974. The average Bonchev–Trinajstić information content (AvgIpc) is 2.54. The maximum atomic E-state index is 12.3. The van der Waals surface area contributed by atoms with E-state index in [-0.39, 0.29) is 18.2 Å². The van der Waals surface area contributed by atoms with Gasteiger partial charge in [0.05, 0.1) is 12.5 Å². The minimum Gasteiger partial charge on any atom is -0.392 e. The lowest BCUT2D eigenvalue weighted by Gasteiger charge is -2.36. The van der Waals surface area contributed by atoms with Crippen LogP contribution in [0.25, 0.3) is 0 Å². The molecule has 1 atom stereocenters. The number of aromatic nitrogens is 2. The summed E-state index contributed by atoms with van der Waals surface area (Å²) >= 11 is 0. The Labute approximate surface area is 144 Å². The molecule has 0 aliphatic carbocycles. The monoisotopic (exact) mass is 334 g/mol. The molecule has 1 aliphatic heterocycles. The van der Waals surface area contributed by atoms with Gasteiger partial charge in [0.15, 0.2) is 0 Å². The number of aliphatic hydroxyl groups is 1. The van der Waals surface area contributed by atoms with Gasteiger partial charge < -0.3 is 14.9 Å². The lowest BCUT2D eigenvalue weighted by Crippen LogP contribution is -2.49. The number of piperazine rings is 1. The Hall–Kier alpha value is -1.69. The Morgan fingerprint density at radius 1 is 1.17 bits per heavy atom. The quantitative estimate of drug-likeness (QED) is 0.891. The van der Waals surface area contributed by atoms with E-state index >= 15 is 0 Å². The van der Waals surface area contributed by atoms with Crippen molar-refractivity contribution in [3.8, 4) is 0 Å². The van der Waals surface area contributed by atoms with Gasteiger partial charge in [-0.3, -0.25) is 4.79 Å². The minimum atomic E-state index is -0.561. The fraction of sp³-hybridized carbons (Fsp3) is 0.722. The van der Waals surface area contributed by atoms with Crippen LogP contribution in [-0.2, 0) is 4.79 Å². The second-order valence-corrected chi connectivity index (χ2v) is 7.26. The molecule has 2 heterocycles. The van der Waals surface area contributed by atoms with Crippen molar-refractivity contribution in [3.63, 3.8) is 0 Å². The summed E-state index contributed by atoms with van der Waals surface area (Å²) in [6, 6.07) is 2.01. The van der Waals surface area contributed by atoms with Gasteiger partial charge in [0.1, 0.15) is 11.6 Å². The molecule has 0 bridgehead atoms. The van der Waals surface area contributed by atoms with Crippen LogP contribution >= 0.6 is 0 Å². The average molecular weight is 334 g/mol. The van der Waals surface area contributed by atoms with Crippen LogP contribution < -0.4 is 4.90 Å². The highest BCUT2D eigenvalue weighted by Crippen LogP contribution is 2.19. The van der Waals surface area contributed by atoms with Crippen molar-refractivity contribution in [2.75, 3.05) is 31.1 Å². The van der Waals surface area contributed by atoms with Gasteiger partial charge in [0.25, 0.3) is 0 Å². The zero-order valence-corrected chi connectivity index (χ0v) is 15.5. The maximum Gasteiger partial charge on any atom is 0.225 e. The maximum absolute atomic E-state index is 12.3. The Bertz CT molecular complexity index is 566. The van der Waals surface area contributed by atoms with E-state index in [2.05, 4.69) is 28.7 Å². The van der Waals surface area contributed by atoms with Gasteiger partial charge in [0, 0.05) is 43.9 Å². The largest absolute Gasteiger partial charge is 0.392 e. The van der Waals surface area contributed by atoms with Crippen LogP contribution in [0.4, 0.5) is 5.82 Å². The zero-order chi connectivity index (χ0) is 17.9. The predicted molar refractivity (Wildman–Crippen MR) is 95.1 cm³/mol.